The van der Waals surface area contributed by atoms with E-state index in [-0.39, 0.29) is 27.2 Å². The monoisotopic (exact) mass is 373 g/mol. The summed E-state index contributed by atoms with van der Waals surface area (Å²) < 4.78 is 32.6. The minimum absolute atomic E-state index is 0.0160. The van der Waals surface area contributed by atoms with Gasteiger partial charge in [-0.3, -0.25) is 4.31 Å². The Labute approximate surface area is 146 Å². The van der Waals surface area contributed by atoms with Crippen LogP contribution in [0.25, 0.3) is 0 Å². The molecule has 0 aliphatic heterocycles. The number of rotatable bonds is 5. The normalized spacial score (nSPS) is 11.3. The van der Waals surface area contributed by atoms with Gasteiger partial charge < -0.3 is 4.74 Å². The molecule has 0 saturated carbocycles. The van der Waals surface area contributed by atoms with E-state index in [2.05, 4.69) is 0 Å². The first-order valence-electron chi connectivity index (χ1n) is 6.94. The van der Waals surface area contributed by atoms with Crippen LogP contribution >= 0.6 is 23.2 Å². The molecule has 0 radical (unpaired) electrons. The van der Waals surface area contributed by atoms with E-state index in [0.717, 1.165) is 5.56 Å². The van der Waals surface area contributed by atoms with Crippen LogP contribution in [-0.4, -0.2) is 22.1 Å². The van der Waals surface area contributed by atoms with Gasteiger partial charge in [0.25, 0.3) is 10.0 Å². The Morgan fingerprint density at radius 2 is 1.87 bits per heavy atom. The van der Waals surface area contributed by atoms with E-state index in [1.165, 1.54) is 23.5 Å². The third-order valence-corrected chi connectivity index (χ3v) is 6.08. The van der Waals surface area contributed by atoms with E-state index in [1.807, 2.05) is 25.1 Å². The second-order valence-corrected chi connectivity index (χ2v) is 7.52. The highest BCUT2D eigenvalue weighted by Crippen LogP contribution is 2.39. The summed E-state index contributed by atoms with van der Waals surface area (Å²) >= 11 is 12.0. The average Bonchev–Trinajstić information content (AvgIpc) is 2.50. The van der Waals surface area contributed by atoms with E-state index in [4.69, 9.17) is 27.9 Å². The summed E-state index contributed by atoms with van der Waals surface area (Å²) in [6.45, 7) is 3.95. The summed E-state index contributed by atoms with van der Waals surface area (Å²) in [4.78, 5) is -0.0160. The molecule has 23 heavy (non-hydrogen) atoms. The van der Waals surface area contributed by atoms with Gasteiger partial charge in [0.15, 0.2) is 5.75 Å². The van der Waals surface area contributed by atoms with Gasteiger partial charge in [-0.2, -0.15) is 0 Å². The summed E-state index contributed by atoms with van der Waals surface area (Å²) in [6, 6.07) is 10.1. The number of nitrogens with zero attached hydrogens (tertiary/aromatic N) is 1. The van der Waals surface area contributed by atoms with Gasteiger partial charge >= 0.3 is 0 Å². The third-order valence-electron chi connectivity index (χ3n) is 3.36. The number of methoxy groups -OCH3 is 1. The Bertz CT molecular complexity index is 822. The summed E-state index contributed by atoms with van der Waals surface area (Å²) in [5, 5.41) is 0.316. The zero-order chi connectivity index (χ0) is 17.2. The molecule has 7 heteroatoms. The first kappa shape index (κ1) is 17.9. The van der Waals surface area contributed by atoms with E-state index in [0.29, 0.717) is 5.69 Å². The Balaban J connectivity index is 2.63. The second-order valence-electron chi connectivity index (χ2n) is 4.90. The fourth-order valence-corrected chi connectivity index (χ4v) is 4.38. The van der Waals surface area contributed by atoms with Crippen molar-refractivity contribution < 1.29 is 13.2 Å². The van der Waals surface area contributed by atoms with E-state index >= 15 is 0 Å². The van der Waals surface area contributed by atoms with Gasteiger partial charge in [0.1, 0.15) is 9.92 Å². The molecule has 0 fully saturated rings. The van der Waals surface area contributed by atoms with Gasteiger partial charge in [0, 0.05) is 6.54 Å². The lowest BCUT2D eigenvalue weighted by molar-refractivity contribution is 0.403. The van der Waals surface area contributed by atoms with Gasteiger partial charge in [-0.25, -0.2) is 8.42 Å². The van der Waals surface area contributed by atoms with Crippen molar-refractivity contribution in [1.29, 1.82) is 0 Å². The average molecular weight is 374 g/mol. The van der Waals surface area contributed by atoms with Crippen LogP contribution in [0, 0.1) is 6.92 Å². The van der Waals surface area contributed by atoms with E-state index in [9.17, 15) is 8.42 Å². The molecule has 0 N–H and O–H groups in total. The van der Waals surface area contributed by atoms with Crippen molar-refractivity contribution in [3.05, 3.63) is 52.0 Å². The summed E-state index contributed by atoms with van der Waals surface area (Å²) in [7, 11) is -2.48. The van der Waals surface area contributed by atoms with Crippen LogP contribution < -0.4 is 9.04 Å². The zero-order valence-electron chi connectivity index (χ0n) is 13.0. The molecule has 2 aromatic carbocycles. The van der Waals surface area contributed by atoms with Gasteiger partial charge in [-0.05, 0) is 43.7 Å². The minimum atomic E-state index is -3.84. The molecule has 0 bridgehead atoms. The Morgan fingerprint density at radius 3 is 2.43 bits per heavy atom. The highest BCUT2D eigenvalue weighted by Gasteiger charge is 2.29. The molecule has 2 rings (SSSR count). The van der Waals surface area contributed by atoms with Crippen LogP contribution in [0.15, 0.2) is 41.3 Å². The predicted molar refractivity (Wildman–Crippen MR) is 94.4 cm³/mol. The number of benzene rings is 2. The van der Waals surface area contributed by atoms with Crippen molar-refractivity contribution in [2.24, 2.45) is 0 Å². The first-order chi connectivity index (χ1) is 10.8. The lowest BCUT2D eigenvalue weighted by Crippen LogP contribution is -2.31. The van der Waals surface area contributed by atoms with Crippen LogP contribution in [-0.2, 0) is 10.0 Å². The summed E-state index contributed by atoms with van der Waals surface area (Å²) in [6.07, 6.45) is 0. The maximum atomic E-state index is 13.1. The fraction of sp³-hybridized carbons (Fsp3) is 0.250. The van der Waals surface area contributed by atoms with Crippen molar-refractivity contribution in [3.8, 4) is 5.75 Å². The molecule has 124 valence electrons. The topological polar surface area (TPSA) is 46.6 Å². The molecule has 0 aliphatic carbocycles. The number of ether oxygens (including phenoxy) is 1. The quantitative estimate of drug-likeness (QED) is 0.773. The molecule has 0 aromatic heterocycles. The highest BCUT2D eigenvalue weighted by atomic mass is 35.5. The number of hydrogen-bond acceptors (Lipinski definition) is 3. The van der Waals surface area contributed by atoms with E-state index in [1.54, 1.807) is 13.0 Å². The van der Waals surface area contributed by atoms with Crippen molar-refractivity contribution in [2.45, 2.75) is 18.7 Å². The van der Waals surface area contributed by atoms with Crippen molar-refractivity contribution >= 4 is 38.9 Å². The maximum absolute atomic E-state index is 13.1. The fourth-order valence-electron chi connectivity index (χ4n) is 2.30. The molecular formula is C16H17Cl2NO3S. The number of aryl methyl sites for hydroxylation is 1. The van der Waals surface area contributed by atoms with Crippen LogP contribution in [0.5, 0.6) is 5.75 Å². The van der Waals surface area contributed by atoms with Gasteiger partial charge in [-0.1, -0.05) is 35.3 Å². The van der Waals surface area contributed by atoms with Crippen LogP contribution in [0.1, 0.15) is 12.5 Å². The first-order valence-corrected chi connectivity index (χ1v) is 9.14. The van der Waals surface area contributed by atoms with E-state index < -0.39 is 10.0 Å². The van der Waals surface area contributed by atoms with Crippen molar-refractivity contribution in [2.75, 3.05) is 18.0 Å². The van der Waals surface area contributed by atoms with Crippen molar-refractivity contribution in [3.63, 3.8) is 0 Å². The van der Waals surface area contributed by atoms with Gasteiger partial charge in [-0.15, -0.1) is 0 Å². The Morgan fingerprint density at radius 1 is 1.17 bits per heavy atom. The summed E-state index contributed by atoms with van der Waals surface area (Å²) in [5.41, 5.74) is 1.55. The lowest BCUT2D eigenvalue weighted by atomic mass is 10.2. The van der Waals surface area contributed by atoms with Crippen LogP contribution in [0.3, 0.4) is 0 Å². The Kier molecular flexibility index (Phi) is 5.45. The molecule has 0 spiro atoms. The van der Waals surface area contributed by atoms with Crippen molar-refractivity contribution in [1.82, 2.24) is 0 Å². The predicted octanol–water partition coefficient (Wildman–Crippen LogP) is 4.53. The van der Waals surface area contributed by atoms with Crippen LogP contribution in [0.4, 0.5) is 5.69 Å². The highest BCUT2D eigenvalue weighted by molar-refractivity contribution is 7.93. The largest absolute Gasteiger partial charge is 0.494 e. The second kappa shape index (κ2) is 6.99. The molecule has 0 atom stereocenters. The Hall–Kier alpha value is -1.43. The van der Waals surface area contributed by atoms with Gasteiger partial charge in [0.2, 0.25) is 0 Å². The number of sulfonamides is 1. The molecule has 0 heterocycles. The molecule has 0 saturated heterocycles. The smallest absolute Gasteiger partial charge is 0.268 e. The molecule has 0 amide bonds. The van der Waals surface area contributed by atoms with Crippen LogP contribution in [0.2, 0.25) is 10.0 Å². The standard InChI is InChI=1S/C16H17Cl2NO3S/c1-4-19(12-7-5-6-11(2)10-12)23(20,21)14-9-8-13(17)15(18)16(14)22-3/h5-10H,4H2,1-3H3. The summed E-state index contributed by atoms with van der Waals surface area (Å²) in [5.74, 6) is 0.0465. The van der Waals surface area contributed by atoms with Gasteiger partial charge in [0.05, 0.1) is 17.8 Å². The molecule has 2 aromatic rings. The zero-order valence-corrected chi connectivity index (χ0v) is 15.3. The maximum Gasteiger partial charge on any atom is 0.268 e. The third kappa shape index (κ3) is 3.42. The molecular weight excluding hydrogens is 357 g/mol. The lowest BCUT2D eigenvalue weighted by Gasteiger charge is -2.24. The molecule has 4 nitrogen and oxygen atoms in total. The minimum Gasteiger partial charge on any atom is -0.494 e. The molecule has 0 unspecified atom stereocenters. The number of halogens is 2. The number of anilines is 1. The number of hydrogen-bond donors (Lipinski definition) is 0. The molecule has 0 aliphatic rings. The SMILES string of the molecule is CCN(c1cccc(C)c1)S(=O)(=O)c1ccc(Cl)c(Cl)c1OC.